The number of para-hydroxylation sites is 1. The van der Waals surface area contributed by atoms with Crippen molar-refractivity contribution in [3.63, 3.8) is 0 Å². The lowest BCUT2D eigenvalue weighted by Crippen LogP contribution is -2.31. The molecule has 1 aromatic rings. The van der Waals surface area contributed by atoms with Gasteiger partial charge >= 0.3 is 0 Å². The third-order valence-corrected chi connectivity index (χ3v) is 3.28. The van der Waals surface area contributed by atoms with Crippen molar-refractivity contribution in [1.82, 2.24) is 5.32 Å². The van der Waals surface area contributed by atoms with Gasteiger partial charge in [0.25, 0.3) is 5.69 Å². The molecule has 0 aromatic heterocycles. The Kier molecular flexibility index (Phi) is 4.47. The number of nitro groups is 1. The first-order valence-corrected chi connectivity index (χ1v) is 6.38. The fourth-order valence-corrected chi connectivity index (χ4v) is 2.29. The highest BCUT2D eigenvalue weighted by Gasteiger charge is 2.13. The highest BCUT2D eigenvalue weighted by molar-refractivity contribution is 5.39. The number of rotatable bonds is 5. The van der Waals surface area contributed by atoms with Crippen molar-refractivity contribution in [2.45, 2.75) is 31.7 Å². The molecular formula is C14H18N2O2. The van der Waals surface area contributed by atoms with Crippen LogP contribution in [-0.4, -0.2) is 17.5 Å². The molecule has 1 unspecified atom stereocenters. The van der Waals surface area contributed by atoms with E-state index in [1.54, 1.807) is 12.1 Å². The summed E-state index contributed by atoms with van der Waals surface area (Å²) in [6, 6.07) is 7.49. The van der Waals surface area contributed by atoms with Crippen molar-refractivity contribution in [3.05, 3.63) is 52.1 Å². The van der Waals surface area contributed by atoms with Crippen LogP contribution >= 0.6 is 0 Å². The maximum absolute atomic E-state index is 10.9. The fraction of sp³-hybridized carbons (Fsp3) is 0.429. The van der Waals surface area contributed by atoms with Gasteiger partial charge in [-0.3, -0.25) is 10.1 Å². The minimum atomic E-state index is -0.307. The Balaban J connectivity index is 1.86. The normalized spacial score (nSPS) is 18.8. The zero-order chi connectivity index (χ0) is 12.8. The van der Waals surface area contributed by atoms with Crippen LogP contribution in [0.4, 0.5) is 5.69 Å². The van der Waals surface area contributed by atoms with E-state index >= 15 is 0 Å². The van der Waals surface area contributed by atoms with Crippen LogP contribution in [0.25, 0.3) is 0 Å². The molecule has 1 N–H and O–H groups in total. The first-order valence-electron chi connectivity index (χ1n) is 6.38. The Morgan fingerprint density at radius 1 is 1.33 bits per heavy atom. The van der Waals surface area contributed by atoms with E-state index in [0.29, 0.717) is 12.5 Å². The minimum Gasteiger partial charge on any atom is -0.313 e. The molecule has 1 aromatic carbocycles. The van der Waals surface area contributed by atoms with Gasteiger partial charge in [0.15, 0.2) is 0 Å². The number of hydrogen-bond acceptors (Lipinski definition) is 3. The Labute approximate surface area is 107 Å². The Hall–Kier alpha value is -1.68. The van der Waals surface area contributed by atoms with Gasteiger partial charge < -0.3 is 5.32 Å². The van der Waals surface area contributed by atoms with Crippen LogP contribution in [0, 0.1) is 10.1 Å². The average Bonchev–Trinajstić information content (AvgIpc) is 2.40. The van der Waals surface area contributed by atoms with Crippen LogP contribution < -0.4 is 5.32 Å². The van der Waals surface area contributed by atoms with Crippen molar-refractivity contribution >= 4 is 5.69 Å². The molecule has 96 valence electrons. The molecule has 0 bridgehead atoms. The lowest BCUT2D eigenvalue weighted by molar-refractivity contribution is -0.385. The van der Waals surface area contributed by atoms with Crippen LogP contribution in [0.3, 0.4) is 0 Å². The number of nitrogens with one attached hydrogen (secondary N) is 1. The van der Waals surface area contributed by atoms with Crippen molar-refractivity contribution in [3.8, 4) is 0 Å². The molecule has 2 rings (SSSR count). The third kappa shape index (κ3) is 3.40. The monoisotopic (exact) mass is 246 g/mol. The highest BCUT2D eigenvalue weighted by atomic mass is 16.6. The molecule has 0 spiro atoms. The summed E-state index contributed by atoms with van der Waals surface area (Å²) in [5, 5.41) is 14.3. The summed E-state index contributed by atoms with van der Waals surface area (Å²) in [6.07, 6.45) is 8.47. The minimum absolute atomic E-state index is 0.225. The molecule has 0 heterocycles. The van der Waals surface area contributed by atoms with E-state index in [2.05, 4.69) is 17.5 Å². The van der Waals surface area contributed by atoms with Crippen molar-refractivity contribution in [1.29, 1.82) is 0 Å². The molecule has 0 amide bonds. The number of nitro benzene ring substituents is 1. The second-order valence-corrected chi connectivity index (χ2v) is 4.57. The summed E-state index contributed by atoms with van der Waals surface area (Å²) in [6.45, 7) is 0.795. The van der Waals surface area contributed by atoms with E-state index in [1.165, 1.54) is 0 Å². The van der Waals surface area contributed by atoms with Gasteiger partial charge in [-0.2, -0.15) is 0 Å². The van der Waals surface area contributed by atoms with Gasteiger partial charge in [0.1, 0.15) is 0 Å². The van der Waals surface area contributed by atoms with E-state index in [9.17, 15) is 10.1 Å². The average molecular weight is 246 g/mol. The van der Waals surface area contributed by atoms with E-state index in [4.69, 9.17) is 0 Å². The van der Waals surface area contributed by atoms with Gasteiger partial charge in [-0.25, -0.2) is 0 Å². The Morgan fingerprint density at radius 3 is 2.89 bits per heavy atom. The van der Waals surface area contributed by atoms with Crippen molar-refractivity contribution in [2.24, 2.45) is 0 Å². The summed E-state index contributed by atoms with van der Waals surface area (Å²) in [5.41, 5.74) is 1.03. The first kappa shape index (κ1) is 12.8. The standard InChI is InChI=1S/C14H18N2O2/c17-16(18)14-9-5-4-6-12(14)10-11-15-13-7-2-1-3-8-13/h1-2,4-6,9,13,15H,3,7-8,10-11H2. The molecule has 0 aliphatic heterocycles. The van der Waals surface area contributed by atoms with Gasteiger partial charge in [-0.1, -0.05) is 30.4 Å². The van der Waals surface area contributed by atoms with E-state index in [1.807, 2.05) is 12.1 Å². The first-order chi connectivity index (χ1) is 8.77. The topological polar surface area (TPSA) is 55.2 Å². The van der Waals surface area contributed by atoms with Crippen LogP contribution in [0.5, 0.6) is 0 Å². The lowest BCUT2D eigenvalue weighted by atomic mass is 10.0. The molecule has 4 heteroatoms. The fourth-order valence-electron chi connectivity index (χ4n) is 2.29. The molecule has 1 atom stereocenters. The maximum Gasteiger partial charge on any atom is 0.272 e. The molecule has 0 radical (unpaired) electrons. The molecule has 1 aliphatic carbocycles. The van der Waals surface area contributed by atoms with Gasteiger partial charge in [-0.15, -0.1) is 0 Å². The zero-order valence-corrected chi connectivity index (χ0v) is 10.3. The molecule has 4 nitrogen and oxygen atoms in total. The lowest BCUT2D eigenvalue weighted by Gasteiger charge is -2.19. The molecule has 0 saturated carbocycles. The number of hydrogen-bond donors (Lipinski definition) is 1. The molecule has 1 aliphatic rings. The summed E-state index contributed by atoms with van der Waals surface area (Å²) in [5.74, 6) is 0. The second kappa shape index (κ2) is 6.31. The largest absolute Gasteiger partial charge is 0.313 e. The molecular weight excluding hydrogens is 228 g/mol. The number of benzene rings is 1. The van der Waals surface area contributed by atoms with Gasteiger partial charge in [0, 0.05) is 17.7 Å². The van der Waals surface area contributed by atoms with Crippen molar-refractivity contribution in [2.75, 3.05) is 6.54 Å². The summed E-state index contributed by atoms with van der Waals surface area (Å²) >= 11 is 0. The molecule has 0 saturated heterocycles. The van der Waals surface area contributed by atoms with Crippen molar-refractivity contribution < 1.29 is 4.92 Å². The zero-order valence-electron chi connectivity index (χ0n) is 10.3. The van der Waals surface area contributed by atoms with Crippen LogP contribution in [0.15, 0.2) is 36.4 Å². The molecule has 18 heavy (non-hydrogen) atoms. The highest BCUT2D eigenvalue weighted by Crippen LogP contribution is 2.18. The summed E-state index contributed by atoms with van der Waals surface area (Å²) in [7, 11) is 0. The predicted octanol–water partition coefficient (Wildman–Crippen LogP) is 2.84. The van der Waals surface area contributed by atoms with Crippen LogP contribution in [0.1, 0.15) is 24.8 Å². The Morgan fingerprint density at radius 2 is 2.17 bits per heavy atom. The summed E-state index contributed by atoms with van der Waals surface area (Å²) < 4.78 is 0. The van der Waals surface area contributed by atoms with Crippen LogP contribution in [-0.2, 0) is 6.42 Å². The second-order valence-electron chi connectivity index (χ2n) is 4.57. The third-order valence-electron chi connectivity index (χ3n) is 3.28. The van der Waals surface area contributed by atoms with E-state index < -0.39 is 0 Å². The van der Waals surface area contributed by atoms with Gasteiger partial charge in [-0.05, 0) is 32.2 Å². The quantitative estimate of drug-likeness (QED) is 0.494. The van der Waals surface area contributed by atoms with E-state index in [-0.39, 0.29) is 10.6 Å². The number of nitrogens with zero attached hydrogens (tertiary/aromatic N) is 1. The smallest absolute Gasteiger partial charge is 0.272 e. The maximum atomic E-state index is 10.9. The predicted molar refractivity (Wildman–Crippen MR) is 71.6 cm³/mol. The van der Waals surface area contributed by atoms with E-state index in [0.717, 1.165) is 31.4 Å². The molecule has 0 fully saturated rings. The SMILES string of the molecule is O=[N+]([O-])c1ccccc1CCNC1CC=CCC1. The Bertz CT molecular complexity index is 443. The van der Waals surface area contributed by atoms with Crippen LogP contribution in [0.2, 0.25) is 0 Å². The summed E-state index contributed by atoms with van der Waals surface area (Å²) in [4.78, 5) is 10.6. The number of allylic oxidation sites excluding steroid dienone is 1. The van der Waals surface area contributed by atoms with Gasteiger partial charge in [0.05, 0.1) is 4.92 Å². The van der Waals surface area contributed by atoms with Gasteiger partial charge in [0.2, 0.25) is 0 Å².